The fourth-order valence-electron chi connectivity index (χ4n) is 1.65. The summed E-state index contributed by atoms with van der Waals surface area (Å²) in [6.45, 7) is 0.259. The number of hydrogen-bond acceptors (Lipinski definition) is 5. The number of rotatable bonds is 6. The Morgan fingerprint density at radius 2 is 2.00 bits per heavy atom. The van der Waals surface area contributed by atoms with Gasteiger partial charge < -0.3 is 9.47 Å². The number of ether oxygens (including phenoxy) is 2. The molecule has 5 nitrogen and oxygen atoms in total. The molecule has 1 N–H and O–H groups in total. The van der Waals surface area contributed by atoms with Gasteiger partial charge in [0, 0.05) is 17.5 Å². The number of nitrogens with one attached hydrogen (secondary N) is 1. The summed E-state index contributed by atoms with van der Waals surface area (Å²) in [5.74, 6) is 0.794. The van der Waals surface area contributed by atoms with Crippen LogP contribution < -0.4 is 14.2 Å². The zero-order valence-electron chi connectivity index (χ0n) is 11.1. The van der Waals surface area contributed by atoms with E-state index >= 15 is 0 Å². The number of hydrogen-bond donors (Lipinski definition) is 1. The molecule has 0 fully saturated rings. The highest BCUT2D eigenvalue weighted by atomic mass is 32.2. The standard InChI is InChI=1S/C13H15NO4S2/c1-17-10-5-6-13(12(8-10)18-2)20(15,16)14-9-11-4-3-7-19-11/h3-8,14H,9H2,1-2H3. The Kier molecular flexibility index (Phi) is 4.64. The van der Waals surface area contributed by atoms with Gasteiger partial charge in [-0.2, -0.15) is 0 Å². The summed E-state index contributed by atoms with van der Waals surface area (Å²) in [5.41, 5.74) is 0. The maximum Gasteiger partial charge on any atom is 0.244 e. The lowest BCUT2D eigenvalue weighted by atomic mass is 10.3. The van der Waals surface area contributed by atoms with Gasteiger partial charge in [-0.05, 0) is 23.6 Å². The monoisotopic (exact) mass is 313 g/mol. The molecule has 0 unspecified atom stereocenters. The predicted molar refractivity (Wildman–Crippen MR) is 77.9 cm³/mol. The van der Waals surface area contributed by atoms with Crippen molar-refractivity contribution in [1.29, 1.82) is 0 Å². The number of thiophene rings is 1. The Balaban J connectivity index is 2.24. The van der Waals surface area contributed by atoms with Crippen LogP contribution in [-0.4, -0.2) is 22.6 Å². The quantitative estimate of drug-likeness (QED) is 0.888. The van der Waals surface area contributed by atoms with Gasteiger partial charge in [-0.25, -0.2) is 13.1 Å². The van der Waals surface area contributed by atoms with Crippen molar-refractivity contribution in [3.8, 4) is 11.5 Å². The third-order valence-electron chi connectivity index (χ3n) is 2.68. The van der Waals surface area contributed by atoms with E-state index in [9.17, 15) is 8.42 Å². The Hall–Kier alpha value is -1.57. The Bertz CT molecular complexity index is 666. The molecule has 0 amide bonds. The average Bonchev–Trinajstić information content (AvgIpc) is 2.97. The first-order valence-electron chi connectivity index (χ1n) is 5.81. The molecule has 20 heavy (non-hydrogen) atoms. The zero-order chi connectivity index (χ0) is 14.6. The minimum atomic E-state index is -3.63. The highest BCUT2D eigenvalue weighted by Crippen LogP contribution is 2.28. The molecule has 0 spiro atoms. The molecule has 0 aliphatic carbocycles. The molecule has 0 radical (unpaired) electrons. The van der Waals surface area contributed by atoms with Crippen molar-refractivity contribution in [1.82, 2.24) is 4.72 Å². The zero-order valence-corrected chi connectivity index (χ0v) is 12.8. The Labute approximate surface area is 122 Å². The lowest BCUT2D eigenvalue weighted by Gasteiger charge is -2.11. The van der Waals surface area contributed by atoms with E-state index in [2.05, 4.69) is 4.72 Å². The predicted octanol–water partition coefficient (Wildman–Crippen LogP) is 2.24. The van der Waals surface area contributed by atoms with Crippen molar-refractivity contribution in [3.63, 3.8) is 0 Å². The fraction of sp³-hybridized carbons (Fsp3) is 0.231. The van der Waals surface area contributed by atoms with Gasteiger partial charge in [0.15, 0.2) is 0 Å². The largest absolute Gasteiger partial charge is 0.497 e. The second-order valence-electron chi connectivity index (χ2n) is 3.92. The third-order valence-corrected chi connectivity index (χ3v) is 4.99. The summed E-state index contributed by atoms with van der Waals surface area (Å²) in [6.07, 6.45) is 0. The minimum absolute atomic E-state index is 0.0948. The van der Waals surface area contributed by atoms with E-state index in [4.69, 9.17) is 9.47 Å². The highest BCUT2D eigenvalue weighted by Gasteiger charge is 2.19. The van der Waals surface area contributed by atoms with Crippen molar-refractivity contribution < 1.29 is 17.9 Å². The van der Waals surface area contributed by atoms with E-state index in [0.717, 1.165) is 4.88 Å². The summed E-state index contributed by atoms with van der Waals surface area (Å²) in [7, 11) is -0.692. The summed E-state index contributed by atoms with van der Waals surface area (Å²) >= 11 is 1.50. The van der Waals surface area contributed by atoms with Gasteiger partial charge in [-0.3, -0.25) is 0 Å². The van der Waals surface area contributed by atoms with E-state index in [-0.39, 0.29) is 17.2 Å². The van der Waals surface area contributed by atoms with Gasteiger partial charge in [0.05, 0.1) is 14.2 Å². The molecule has 0 bridgehead atoms. The van der Waals surface area contributed by atoms with Crippen molar-refractivity contribution in [3.05, 3.63) is 40.6 Å². The fourth-order valence-corrected chi connectivity index (χ4v) is 3.55. The van der Waals surface area contributed by atoms with Gasteiger partial charge >= 0.3 is 0 Å². The molecule has 0 saturated carbocycles. The summed E-state index contributed by atoms with van der Waals surface area (Å²) in [5, 5.41) is 1.90. The smallest absolute Gasteiger partial charge is 0.244 e. The minimum Gasteiger partial charge on any atom is -0.497 e. The number of sulfonamides is 1. The van der Waals surface area contributed by atoms with E-state index in [1.807, 2.05) is 17.5 Å². The molecule has 1 heterocycles. The SMILES string of the molecule is COc1ccc(S(=O)(=O)NCc2cccs2)c(OC)c1. The molecular formula is C13H15NO4S2. The van der Waals surface area contributed by atoms with Crippen LogP contribution in [0.5, 0.6) is 11.5 Å². The van der Waals surface area contributed by atoms with Gasteiger partial charge in [0.1, 0.15) is 16.4 Å². The molecular weight excluding hydrogens is 298 g/mol. The van der Waals surface area contributed by atoms with Crippen LogP contribution in [0.25, 0.3) is 0 Å². The summed E-state index contributed by atoms with van der Waals surface area (Å²) < 4.78 is 37.3. The van der Waals surface area contributed by atoms with Crippen molar-refractivity contribution >= 4 is 21.4 Å². The van der Waals surface area contributed by atoms with Crippen LogP contribution in [0.1, 0.15) is 4.88 Å². The number of methoxy groups -OCH3 is 2. The van der Waals surface area contributed by atoms with Crippen LogP contribution in [0.15, 0.2) is 40.6 Å². The topological polar surface area (TPSA) is 64.6 Å². The van der Waals surface area contributed by atoms with E-state index in [1.165, 1.54) is 31.6 Å². The molecule has 108 valence electrons. The van der Waals surface area contributed by atoms with E-state index < -0.39 is 10.0 Å². The van der Waals surface area contributed by atoms with Gasteiger partial charge in [0.25, 0.3) is 0 Å². The van der Waals surface area contributed by atoms with Crippen molar-refractivity contribution in [2.45, 2.75) is 11.4 Å². The van der Waals surface area contributed by atoms with E-state index in [1.54, 1.807) is 12.1 Å². The second kappa shape index (κ2) is 6.25. The van der Waals surface area contributed by atoms with Crippen LogP contribution in [0.3, 0.4) is 0 Å². The first-order valence-corrected chi connectivity index (χ1v) is 8.17. The molecule has 0 saturated heterocycles. The lowest BCUT2D eigenvalue weighted by Crippen LogP contribution is -2.23. The summed E-state index contributed by atoms with van der Waals surface area (Å²) in [4.78, 5) is 1.04. The van der Waals surface area contributed by atoms with Gasteiger partial charge in [-0.1, -0.05) is 6.07 Å². The van der Waals surface area contributed by atoms with Crippen molar-refractivity contribution in [2.75, 3.05) is 14.2 Å². The molecule has 0 atom stereocenters. The lowest BCUT2D eigenvalue weighted by molar-refractivity contribution is 0.386. The summed E-state index contributed by atoms with van der Waals surface area (Å²) in [6, 6.07) is 8.34. The average molecular weight is 313 g/mol. The van der Waals surface area contributed by atoms with Crippen LogP contribution in [-0.2, 0) is 16.6 Å². The Morgan fingerprint density at radius 3 is 2.60 bits per heavy atom. The third kappa shape index (κ3) is 3.30. The van der Waals surface area contributed by atoms with Crippen LogP contribution >= 0.6 is 11.3 Å². The van der Waals surface area contributed by atoms with Crippen LogP contribution in [0.4, 0.5) is 0 Å². The van der Waals surface area contributed by atoms with Crippen LogP contribution in [0.2, 0.25) is 0 Å². The first-order chi connectivity index (χ1) is 9.56. The molecule has 7 heteroatoms. The molecule has 2 aromatic rings. The van der Waals surface area contributed by atoms with Crippen molar-refractivity contribution in [2.24, 2.45) is 0 Å². The second-order valence-corrected chi connectivity index (χ2v) is 6.69. The number of benzene rings is 1. The molecule has 0 aliphatic rings. The molecule has 1 aromatic carbocycles. The highest BCUT2D eigenvalue weighted by molar-refractivity contribution is 7.89. The first kappa shape index (κ1) is 14.8. The maximum absolute atomic E-state index is 12.3. The van der Waals surface area contributed by atoms with Gasteiger partial charge in [0.2, 0.25) is 10.0 Å². The molecule has 2 rings (SSSR count). The Morgan fingerprint density at radius 1 is 1.20 bits per heavy atom. The maximum atomic E-state index is 12.3. The molecule has 0 aliphatic heterocycles. The van der Waals surface area contributed by atoms with E-state index in [0.29, 0.717) is 5.75 Å². The normalized spacial score (nSPS) is 11.3. The van der Waals surface area contributed by atoms with Crippen LogP contribution in [0, 0.1) is 0 Å². The molecule has 1 aromatic heterocycles. The van der Waals surface area contributed by atoms with Gasteiger partial charge in [-0.15, -0.1) is 11.3 Å².